The van der Waals surface area contributed by atoms with Crippen LogP contribution in [0.1, 0.15) is 27.2 Å². The van der Waals surface area contributed by atoms with E-state index in [2.05, 4.69) is 0 Å². The molecule has 0 amide bonds. The minimum Gasteiger partial charge on any atom is -0.478 e. The first-order chi connectivity index (χ1) is 10.9. The maximum absolute atomic E-state index is 11.9. The fourth-order valence-corrected chi connectivity index (χ4v) is 1.46. The Labute approximate surface area is 135 Å². The lowest BCUT2D eigenvalue weighted by molar-refractivity contribution is -0.165. The number of carboxylic acids is 1. The predicted molar refractivity (Wildman–Crippen MR) is 79.8 cm³/mol. The van der Waals surface area contributed by atoms with Crippen LogP contribution in [-0.2, 0) is 33.3 Å². The lowest BCUT2D eigenvalue weighted by atomic mass is 10.2. The SMILES string of the molecule is CCOCCOC(=O)C(C)OC(=O)C(=CC(=O)O)CCOCC. The van der Waals surface area contributed by atoms with Crippen molar-refractivity contribution in [2.24, 2.45) is 0 Å². The molecule has 0 aromatic carbocycles. The minimum atomic E-state index is -1.28. The molecule has 1 atom stereocenters. The molecular formula is C15H24O8. The van der Waals surface area contributed by atoms with Crippen molar-refractivity contribution in [1.82, 2.24) is 0 Å². The Bertz CT molecular complexity index is 416. The molecule has 0 rings (SSSR count). The van der Waals surface area contributed by atoms with Gasteiger partial charge in [0.2, 0.25) is 0 Å². The summed E-state index contributed by atoms with van der Waals surface area (Å²) in [4.78, 5) is 34.3. The van der Waals surface area contributed by atoms with Gasteiger partial charge in [0.05, 0.1) is 13.2 Å². The third-order valence-corrected chi connectivity index (χ3v) is 2.57. The van der Waals surface area contributed by atoms with Crippen LogP contribution < -0.4 is 0 Å². The highest BCUT2D eigenvalue weighted by Gasteiger charge is 2.22. The lowest BCUT2D eigenvalue weighted by Gasteiger charge is -2.14. The van der Waals surface area contributed by atoms with Gasteiger partial charge in [-0.15, -0.1) is 0 Å². The predicted octanol–water partition coefficient (Wildman–Crippen LogP) is 0.935. The van der Waals surface area contributed by atoms with Crippen LogP contribution >= 0.6 is 0 Å². The van der Waals surface area contributed by atoms with E-state index in [1.165, 1.54) is 6.92 Å². The molecule has 0 aromatic rings. The molecule has 1 unspecified atom stereocenters. The van der Waals surface area contributed by atoms with Crippen molar-refractivity contribution in [3.05, 3.63) is 11.6 Å². The Morgan fingerprint density at radius 2 is 1.65 bits per heavy atom. The Hall–Kier alpha value is -1.93. The number of carbonyl (C=O) groups is 3. The molecule has 0 aliphatic carbocycles. The van der Waals surface area contributed by atoms with Gasteiger partial charge in [-0.1, -0.05) is 0 Å². The molecule has 132 valence electrons. The van der Waals surface area contributed by atoms with Crippen molar-refractivity contribution in [3.63, 3.8) is 0 Å². The molecule has 8 heteroatoms. The fourth-order valence-electron chi connectivity index (χ4n) is 1.46. The Morgan fingerprint density at radius 1 is 1.04 bits per heavy atom. The van der Waals surface area contributed by atoms with Crippen LogP contribution in [0.4, 0.5) is 0 Å². The summed E-state index contributed by atoms with van der Waals surface area (Å²) in [6.45, 7) is 6.37. The van der Waals surface area contributed by atoms with Gasteiger partial charge in [0.15, 0.2) is 6.10 Å². The molecule has 8 nitrogen and oxygen atoms in total. The van der Waals surface area contributed by atoms with Gasteiger partial charge in [0, 0.05) is 31.3 Å². The number of carboxylic acid groups (broad SMARTS) is 1. The van der Waals surface area contributed by atoms with Crippen molar-refractivity contribution in [3.8, 4) is 0 Å². The van der Waals surface area contributed by atoms with Crippen molar-refractivity contribution < 1.29 is 38.4 Å². The molecule has 0 radical (unpaired) electrons. The largest absolute Gasteiger partial charge is 0.478 e. The number of carbonyl (C=O) groups excluding carboxylic acids is 2. The van der Waals surface area contributed by atoms with E-state index in [0.29, 0.717) is 13.2 Å². The van der Waals surface area contributed by atoms with Crippen LogP contribution in [0.15, 0.2) is 11.6 Å². The topological polar surface area (TPSA) is 108 Å². The summed E-state index contributed by atoms with van der Waals surface area (Å²) in [5.74, 6) is -2.89. The summed E-state index contributed by atoms with van der Waals surface area (Å²) in [7, 11) is 0. The first-order valence-corrected chi connectivity index (χ1v) is 7.38. The summed E-state index contributed by atoms with van der Waals surface area (Å²) >= 11 is 0. The molecule has 0 heterocycles. The Kier molecular flexibility index (Phi) is 11.5. The van der Waals surface area contributed by atoms with E-state index in [0.717, 1.165) is 6.08 Å². The van der Waals surface area contributed by atoms with Gasteiger partial charge in [-0.05, 0) is 20.8 Å². The third kappa shape index (κ3) is 10.4. The van der Waals surface area contributed by atoms with E-state index < -0.39 is 24.0 Å². The molecule has 0 aliphatic heterocycles. The molecular weight excluding hydrogens is 308 g/mol. The van der Waals surface area contributed by atoms with Gasteiger partial charge in [-0.25, -0.2) is 14.4 Å². The zero-order chi connectivity index (χ0) is 17.7. The van der Waals surface area contributed by atoms with Crippen LogP contribution in [0, 0.1) is 0 Å². The van der Waals surface area contributed by atoms with E-state index in [9.17, 15) is 14.4 Å². The maximum atomic E-state index is 11.9. The van der Waals surface area contributed by atoms with Crippen LogP contribution in [0.25, 0.3) is 0 Å². The molecule has 0 aromatic heterocycles. The summed E-state index contributed by atoms with van der Waals surface area (Å²) in [5.41, 5.74) is -0.0834. The monoisotopic (exact) mass is 332 g/mol. The lowest BCUT2D eigenvalue weighted by Crippen LogP contribution is -2.28. The van der Waals surface area contributed by atoms with Crippen molar-refractivity contribution in [1.29, 1.82) is 0 Å². The van der Waals surface area contributed by atoms with Crippen LogP contribution in [-0.4, -0.2) is 62.2 Å². The molecule has 0 fully saturated rings. The number of rotatable bonds is 12. The van der Waals surface area contributed by atoms with Crippen molar-refractivity contribution in [2.75, 3.05) is 33.0 Å². The average Bonchev–Trinajstić information content (AvgIpc) is 2.50. The third-order valence-electron chi connectivity index (χ3n) is 2.57. The average molecular weight is 332 g/mol. The smallest absolute Gasteiger partial charge is 0.347 e. The Balaban J connectivity index is 4.47. The van der Waals surface area contributed by atoms with Gasteiger partial charge in [-0.2, -0.15) is 0 Å². The molecule has 0 saturated carbocycles. The number of aliphatic carboxylic acids is 1. The van der Waals surface area contributed by atoms with Crippen LogP contribution in [0.5, 0.6) is 0 Å². The van der Waals surface area contributed by atoms with Gasteiger partial charge in [0.1, 0.15) is 6.61 Å². The van der Waals surface area contributed by atoms with E-state index in [1.54, 1.807) is 6.92 Å². The summed E-state index contributed by atoms with van der Waals surface area (Å²) in [6.07, 6.45) is -0.326. The van der Waals surface area contributed by atoms with Crippen molar-refractivity contribution >= 4 is 17.9 Å². The van der Waals surface area contributed by atoms with E-state index in [-0.39, 0.29) is 31.8 Å². The summed E-state index contributed by atoms with van der Waals surface area (Å²) in [5, 5.41) is 8.77. The quantitative estimate of drug-likeness (QED) is 0.319. The van der Waals surface area contributed by atoms with Crippen molar-refractivity contribution in [2.45, 2.75) is 33.3 Å². The zero-order valence-corrected chi connectivity index (χ0v) is 13.7. The first-order valence-electron chi connectivity index (χ1n) is 7.38. The highest BCUT2D eigenvalue weighted by atomic mass is 16.6. The number of hydrogen-bond acceptors (Lipinski definition) is 7. The highest BCUT2D eigenvalue weighted by molar-refractivity contribution is 5.96. The maximum Gasteiger partial charge on any atom is 0.347 e. The zero-order valence-electron chi connectivity index (χ0n) is 13.7. The van der Waals surface area contributed by atoms with E-state index in [4.69, 9.17) is 24.1 Å². The number of hydrogen-bond donors (Lipinski definition) is 1. The van der Waals surface area contributed by atoms with Gasteiger partial charge >= 0.3 is 17.9 Å². The molecule has 1 N–H and O–H groups in total. The summed E-state index contributed by atoms with van der Waals surface area (Å²) < 4.78 is 19.9. The first kappa shape index (κ1) is 21.1. The second-order valence-corrected chi connectivity index (χ2v) is 4.37. The fraction of sp³-hybridized carbons (Fsp3) is 0.667. The summed E-state index contributed by atoms with van der Waals surface area (Å²) in [6, 6.07) is 0. The second-order valence-electron chi connectivity index (χ2n) is 4.37. The Morgan fingerprint density at radius 3 is 2.22 bits per heavy atom. The van der Waals surface area contributed by atoms with Gasteiger partial charge in [0.25, 0.3) is 0 Å². The van der Waals surface area contributed by atoms with Gasteiger partial charge in [-0.3, -0.25) is 0 Å². The number of ether oxygens (including phenoxy) is 4. The standard InChI is InChI=1S/C15H24O8/c1-4-20-7-6-12(10-13(16)17)15(19)23-11(3)14(18)22-9-8-21-5-2/h10-11H,4-9H2,1-3H3,(H,16,17). The molecule has 0 aliphatic rings. The van der Waals surface area contributed by atoms with Crippen LogP contribution in [0.2, 0.25) is 0 Å². The molecule has 23 heavy (non-hydrogen) atoms. The second kappa shape index (κ2) is 12.6. The molecule has 0 saturated heterocycles. The molecule has 0 spiro atoms. The molecule has 0 bridgehead atoms. The number of esters is 2. The van der Waals surface area contributed by atoms with Gasteiger partial charge < -0.3 is 24.1 Å². The van der Waals surface area contributed by atoms with E-state index >= 15 is 0 Å². The normalized spacial score (nSPS) is 12.6. The van der Waals surface area contributed by atoms with Crippen LogP contribution in [0.3, 0.4) is 0 Å². The van der Waals surface area contributed by atoms with E-state index in [1.807, 2.05) is 6.92 Å². The highest BCUT2D eigenvalue weighted by Crippen LogP contribution is 2.08. The minimum absolute atomic E-state index is 0.0523.